The Hall–Kier alpha value is -0.710. The van der Waals surface area contributed by atoms with Gasteiger partial charge in [0.25, 0.3) is 0 Å². The predicted molar refractivity (Wildman–Crippen MR) is 84.4 cm³/mol. The third-order valence-electron chi connectivity index (χ3n) is 3.11. The summed E-state index contributed by atoms with van der Waals surface area (Å²) in [5.74, 6) is 2.02. The first-order valence-electron chi connectivity index (χ1n) is 7.00. The summed E-state index contributed by atoms with van der Waals surface area (Å²) in [6.07, 6.45) is 0. The number of nitrogens with zero attached hydrogens (tertiary/aromatic N) is 1. The van der Waals surface area contributed by atoms with Crippen LogP contribution in [-0.4, -0.2) is 50.5 Å². The van der Waals surface area contributed by atoms with E-state index in [1.54, 1.807) is 7.11 Å². The first-order valence-corrected chi connectivity index (χ1v) is 7.98. The Labute approximate surface area is 121 Å². The maximum atomic E-state index is 5.14. The van der Waals surface area contributed by atoms with E-state index in [1.807, 2.05) is 23.9 Å². The van der Waals surface area contributed by atoms with Gasteiger partial charge in [-0.25, -0.2) is 0 Å². The molecule has 1 aromatic carbocycles. The van der Waals surface area contributed by atoms with Crippen LogP contribution in [0, 0.1) is 0 Å². The molecule has 0 aromatic heterocycles. The molecule has 0 aliphatic rings. The predicted octanol–water partition coefficient (Wildman–Crippen LogP) is 2.72. The van der Waals surface area contributed by atoms with Gasteiger partial charge in [0.15, 0.2) is 0 Å². The summed E-state index contributed by atoms with van der Waals surface area (Å²) < 4.78 is 5.14. The fourth-order valence-corrected chi connectivity index (χ4v) is 2.63. The van der Waals surface area contributed by atoms with Gasteiger partial charge < -0.3 is 15.0 Å². The summed E-state index contributed by atoms with van der Waals surface area (Å²) in [6, 6.07) is 8.24. The highest BCUT2D eigenvalue weighted by molar-refractivity contribution is 7.99. The number of thioether (sulfide) groups is 1. The highest BCUT2D eigenvalue weighted by Crippen LogP contribution is 2.20. The molecule has 1 N–H and O–H groups in total. The van der Waals surface area contributed by atoms with Crippen molar-refractivity contribution >= 4 is 11.8 Å². The highest BCUT2D eigenvalue weighted by Gasteiger charge is 1.98. The first kappa shape index (κ1) is 16.3. The van der Waals surface area contributed by atoms with E-state index >= 15 is 0 Å². The second-order valence-corrected chi connectivity index (χ2v) is 5.47. The molecule has 0 saturated heterocycles. The fraction of sp³-hybridized carbons (Fsp3) is 0.600. The molecule has 4 heteroatoms. The van der Waals surface area contributed by atoms with Crippen LogP contribution in [0.15, 0.2) is 29.2 Å². The zero-order chi connectivity index (χ0) is 13.9. The number of hydrogen-bond donors (Lipinski definition) is 1. The van der Waals surface area contributed by atoms with Crippen LogP contribution in [0.25, 0.3) is 0 Å². The monoisotopic (exact) mass is 282 g/mol. The van der Waals surface area contributed by atoms with Crippen molar-refractivity contribution in [2.75, 3.05) is 45.6 Å². The number of nitrogens with one attached hydrogen (secondary N) is 1. The molecule has 0 bridgehead atoms. The summed E-state index contributed by atoms with van der Waals surface area (Å²) in [5, 5.41) is 3.49. The van der Waals surface area contributed by atoms with E-state index in [0.29, 0.717) is 0 Å². The van der Waals surface area contributed by atoms with Gasteiger partial charge in [-0.3, -0.25) is 0 Å². The van der Waals surface area contributed by atoms with Gasteiger partial charge in [0.05, 0.1) is 7.11 Å². The average molecular weight is 282 g/mol. The zero-order valence-electron chi connectivity index (χ0n) is 12.3. The first-order chi connectivity index (χ1) is 9.30. The molecular weight excluding hydrogens is 256 g/mol. The van der Waals surface area contributed by atoms with Crippen molar-refractivity contribution in [3.05, 3.63) is 24.3 Å². The normalized spacial score (nSPS) is 10.9. The Morgan fingerprint density at radius 1 is 1.11 bits per heavy atom. The van der Waals surface area contributed by atoms with Crippen molar-refractivity contribution in [3.8, 4) is 5.75 Å². The smallest absolute Gasteiger partial charge is 0.118 e. The molecule has 0 unspecified atom stereocenters. The van der Waals surface area contributed by atoms with Gasteiger partial charge in [0, 0.05) is 30.3 Å². The molecule has 3 nitrogen and oxygen atoms in total. The third-order valence-corrected chi connectivity index (χ3v) is 4.12. The van der Waals surface area contributed by atoms with Gasteiger partial charge in [-0.2, -0.15) is 0 Å². The Balaban J connectivity index is 2.07. The summed E-state index contributed by atoms with van der Waals surface area (Å²) in [4.78, 5) is 3.73. The molecule has 0 saturated carbocycles. The van der Waals surface area contributed by atoms with Crippen molar-refractivity contribution in [3.63, 3.8) is 0 Å². The third kappa shape index (κ3) is 6.85. The second kappa shape index (κ2) is 10.1. The largest absolute Gasteiger partial charge is 0.497 e. The molecule has 108 valence electrons. The van der Waals surface area contributed by atoms with Crippen LogP contribution in [-0.2, 0) is 0 Å². The van der Waals surface area contributed by atoms with Crippen molar-refractivity contribution in [2.45, 2.75) is 18.7 Å². The van der Waals surface area contributed by atoms with Gasteiger partial charge in [0.1, 0.15) is 5.75 Å². The topological polar surface area (TPSA) is 24.5 Å². The van der Waals surface area contributed by atoms with Crippen LogP contribution < -0.4 is 10.1 Å². The highest BCUT2D eigenvalue weighted by atomic mass is 32.2. The number of ether oxygens (including phenoxy) is 1. The van der Waals surface area contributed by atoms with Crippen LogP contribution in [0.2, 0.25) is 0 Å². The SMILES string of the molecule is CCN(CC)CCNCCSc1ccc(OC)cc1. The Morgan fingerprint density at radius 2 is 1.79 bits per heavy atom. The molecule has 0 aliphatic heterocycles. The van der Waals surface area contributed by atoms with E-state index in [2.05, 4.69) is 36.2 Å². The minimum absolute atomic E-state index is 0.918. The minimum atomic E-state index is 0.918. The molecule has 0 amide bonds. The summed E-state index contributed by atoms with van der Waals surface area (Å²) in [6.45, 7) is 9.96. The molecule has 0 heterocycles. The molecule has 0 atom stereocenters. The van der Waals surface area contributed by atoms with Crippen molar-refractivity contribution < 1.29 is 4.74 Å². The van der Waals surface area contributed by atoms with Gasteiger partial charge >= 0.3 is 0 Å². The zero-order valence-corrected chi connectivity index (χ0v) is 13.1. The second-order valence-electron chi connectivity index (χ2n) is 4.30. The standard InChI is InChI=1S/C15H26N2OS/c1-4-17(5-2)12-10-16-11-13-19-15-8-6-14(18-3)7-9-15/h6-9,16H,4-5,10-13H2,1-3H3. The van der Waals surface area contributed by atoms with Crippen LogP contribution in [0.1, 0.15) is 13.8 Å². The number of hydrogen-bond acceptors (Lipinski definition) is 4. The Kier molecular flexibility index (Phi) is 8.71. The Bertz CT molecular complexity index is 325. The minimum Gasteiger partial charge on any atom is -0.497 e. The average Bonchev–Trinajstić information content (AvgIpc) is 2.47. The number of likely N-dealkylation sites (N-methyl/N-ethyl adjacent to an activating group) is 1. The lowest BCUT2D eigenvalue weighted by atomic mass is 10.3. The van der Waals surface area contributed by atoms with E-state index in [-0.39, 0.29) is 0 Å². The Morgan fingerprint density at radius 3 is 2.37 bits per heavy atom. The summed E-state index contributed by atoms with van der Waals surface area (Å²) in [7, 11) is 1.70. The van der Waals surface area contributed by atoms with Crippen LogP contribution in [0.4, 0.5) is 0 Å². The molecule has 0 fully saturated rings. The molecule has 0 spiro atoms. The van der Waals surface area contributed by atoms with Crippen LogP contribution >= 0.6 is 11.8 Å². The number of benzene rings is 1. The lowest BCUT2D eigenvalue weighted by molar-refractivity contribution is 0.303. The van der Waals surface area contributed by atoms with Crippen molar-refractivity contribution in [1.82, 2.24) is 10.2 Å². The van der Waals surface area contributed by atoms with Gasteiger partial charge in [-0.05, 0) is 37.4 Å². The number of methoxy groups -OCH3 is 1. The van der Waals surface area contributed by atoms with Crippen LogP contribution in [0.3, 0.4) is 0 Å². The maximum Gasteiger partial charge on any atom is 0.118 e. The van der Waals surface area contributed by atoms with Crippen molar-refractivity contribution in [2.24, 2.45) is 0 Å². The lowest BCUT2D eigenvalue weighted by Gasteiger charge is -2.17. The van der Waals surface area contributed by atoms with E-state index in [1.165, 1.54) is 4.90 Å². The van der Waals surface area contributed by atoms with E-state index in [4.69, 9.17) is 4.74 Å². The quantitative estimate of drug-likeness (QED) is 0.527. The molecular formula is C15H26N2OS. The molecule has 1 rings (SSSR count). The van der Waals surface area contributed by atoms with Gasteiger partial charge in [-0.1, -0.05) is 13.8 Å². The fourth-order valence-electron chi connectivity index (χ4n) is 1.82. The molecule has 1 aromatic rings. The number of rotatable bonds is 10. The van der Waals surface area contributed by atoms with E-state index in [0.717, 1.165) is 44.2 Å². The van der Waals surface area contributed by atoms with E-state index < -0.39 is 0 Å². The molecule has 19 heavy (non-hydrogen) atoms. The van der Waals surface area contributed by atoms with Crippen molar-refractivity contribution in [1.29, 1.82) is 0 Å². The summed E-state index contributed by atoms with van der Waals surface area (Å²) >= 11 is 1.88. The molecule has 0 radical (unpaired) electrons. The lowest BCUT2D eigenvalue weighted by Crippen LogP contribution is -2.32. The van der Waals surface area contributed by atoms with Crippen LogP contribution in [0.5, 0.6) is 5.75 Å². The van der Waals surface area contributed by atoms with Gasteiger partial charge in [0.2, 0.25) is 0 Å². The van der Waals surface area contributed by atoms with Gasteiger partial charge in [-0.15, -0.1) is 11.8 Å². The maximum absolute atomic E-state index is 5.14. The van der Waals surface area contributed by atoms with E-state index in [9.17, 15) is 0 Å². The summed E-state index contributed by atoms with van der Waals surface area (Å²) in [5.41, 5.74) is 0. The molecule has 0 aliphatic carbocycles.